The van der Waals surface area contributed by atoms with Gasteiger partial charge in [0.15, 0.2) is 0 Å². The topological polar surface area (TPSA) is 43.8 Å². The summed E-state index contributed by atoms with van der Waals surface area (Å²) in [5, 5.41) is 0. The number of aromatic nitrogens is 2. The van der Waals surface area contributed by atoms with Crippen LogP contribution in [0.4, 0.5) is 0 Å². The van der Waals surface area contributed by atoms with Crippen molar-refractivity contribution in [1.29, 1.82) is 0 Å². The molecule has 0 amide bonds. The van der Waals surface area contributed by atoms with Crippen molar-refractivity contribution in [3.05, 3.63) is 17.7 Å². The van der Waals surface area contributed by atoms with Crippen molar-refractivity contribution >= 4 is 0 Å². The molecule has 1 aromatic heterocycles. The highest BCUT2D eigenvalue weighted by Gasteiger charge is 2.32. The lowest BCUT2D eigenvalue weighted by molar-refractivity contribution is 0.648. The summed E-state index contributed by atoms with van der Waals surface area (Å²) in [6, 6.07) is 0.771. The van der Waals surface area contributed by atoms with E-state index < -0.39 is 0 Å². The molecule has 3 heteroatoms. The lowest BCUT2D eigenvalue weighted by Crippen LogP contribution is -2.09. The summed E-state index contributed by atoms with van der Waals surface area (Å²) in [6.45, 7) is 0.759. The number of nitrogens with zero attached hydrogens (tertiary/aromatic N) is 2. The standard InChI is InChI=1S/C10H15N3/c11-5-7-1-4-9-10(7)12-6-13(9)8-2-3-8/h6-8H,1-5,11H2. The highest BCUT2D eigenvalue weighted by Crippen LogP contribution is 2.40. The van der Waals surface area contributed by atoms with Crippen molar-refractivity contribution in [3.8, 4) is 0 Å². The first-order valence-corrected chi connectivity index (χ1v) is 5.16. The molecule has 2 aliphatic rings. The molecule has 1 fully saturated rings. The van der Waals surface area contributed by atoms with Crippen LogP contribution in [0.5, 0.6) is 0 Å². The molecule has 0 radical (unpaired) electrons. The SMILES string of the molecule is NCC1CCc2c1ncn2C1CC1. The quantitative estimate of drug-likeness (QED) is 0.737. The Morgan fingerprint density at radius 1 is 1.46 bits per heavy atom. The van der Waals surface area contributed by atoms with Gasteiger partial charge in [-0.2, -0.15) is 0 Å². The molecular weight excluding hydrogens is 162 g/mol. The molecule has 13 heavy (non-hydrogen) atoms. The lowest BCUT2D eigenvalue weighted by atomic mass is 10.1. The molecule has 0 bridgehead atoms. The van der Waals surface area contributed by atoms with Crippen LogP contribution in [0.1, 0.15) is 42.6 Å². The summed E-state index contributed by atoms with van der Waals surface area (Å²) in [4.78, 5) is 4.49. The predicted octanol–water partition coefficient (Wildman–Crippen LogP) is 1.21. The molecule has 1 heterocycles. The van der Waals surface area contributed by atoms with E-state index in [1.54, 1.807) is 0 Å². The maximum Gasteiger partial charge on any atom is 0.0954 e. The first-order chi connectivity index (χ1) is 6.40. The van der Waals surface area contributed by atoms with Crippen LogP contribution in [0.2, 0.25) is 0 Å². The normalized spacial score (nSPS) is 26.4. The second kappa shape index (κ2) is 2.58. The maximum absolute atomic E-state index is 5.70. The molecule has 1 saturated carbocycles. The molecule has 0 aromatic carbocycles. The number of hydrogen-bond donors (Lipinski definition) is 1. The van der Waals surface area contributed by atoms with E-state index in [1.807, 2.05) is 6.33 Å². The fourth-order valence-electron chi connectivity index (χ4n) is 2.34. The van der Waals surface area contributed by atoms with E-state index in [9.17, 15) is 0 Å². The Morgan fingerprint density at radius 3 is 3.00 bits per heavy atom. The molecule has 0 aliphatic heterocycles. The van der Waals surface area contributed by atoms with Crippen molar-refractivity contribution in [2.24, 2.45) is 5.73 Å². The number of fused-ring (bicyclic) bond motifs is 1. The van der Waals surface area contributed by atoms with E-state index in [0.29, 0.717) is 5.92 Å². The van der Waals surface area contributed by atoms with Crippen molar-refractivity contribution < 1.29 is 0 Å². The Bertz CT molecular complexity index is 325. The summed E-state index contributed by atoms with van der Waals surface area (Å²) in [5.41, 5.74) is 8.46. The molecule has 1 unspecified atom stereocenters. The van der Waals surface area contributed by atoms with E-state index in [4.69, 9.17) is 5.73 Å². The minimum atomic E-state index is 0.537. The average molecular weight is 177 g/mol. The fourth-order valence-corrected chi connectivity index (χ4v) is 2.34. The highest BCUT2D eigenvalue weighted by atomic mass is 15.1. The van der Waals surface area contributed by atoms with E-state index in [-0.39, 0.29) is 0 Å². The molecular formula is C10H15N3. The van der Waals surface area contributed by atoms with E-state index in [2.05, 4.69) is 9.55 Å². The highest BCUT2D eigenvalue weighted by molar-refractivity contribution is 5.25. The number of rotatable bonds is 2. The number of hydrogen-bond acceptors (Lipinski definition) is 2. The van der Waals surface area contributed by atoms with Gasteiger partial charge in [-0.15, -0.1) is 0 Å². The fraction of sp³-hybridized carbons (Fsp3) is 0.700. The van der Waals surface area contributed by atoms with Crippen LogP contribution >= 0.6 is 0 Å². The molecule has 3 rings (SSSR count). The second-order valence-corrected chi connectivity index (χ2v) is 4.19. The summed E-state index contributed by atoms with van der Waals surface area (Å²) in [7, 11) is 0. The van der Waals surface area contributed by atoms with Crippen LogP contribution in [0.15, 0.2) is 6.33 Å². The van der Waals surface area contributed by atoms with Gasteiger partial charge >= 0.3 is 0 Å². The first kappa shape index (κ1) is 7.56. The largest absolute Gasteiger partial charge is 0.331 e. The molecule has 0 saturated heterocycles. The van der Waals surface area contributed by atoms with Gasteiger partial charge in [-0.05, 0) is 25.7 Å². The van der Waals surface area contributed by atoms with Crippen molar-refractivity contribution in [2.75, 3.05) is 6.54 Å². The Labute approximate surface area is 78.0 Å². The summed E-state index contributed by atoms with van der Waals surface area (Å²) in [5.74, 6) is 0.537. The Kier molecular flexibility index (Phi) is 1.50. The van der Waals surface area contributed by atoms with Gasteiger partial charge in [-0.3, -0.25) is 0 Å². The Morgan fingerprint density at radius 2 is 2.31 bits per heavy atom. The smallest absolute Gasteiger partial charge is 0.0954 e. The van der Waals surface area contributed by atoms with Crippen LogP contribution in [-0.2, 0) is 6.42 Å². The molecule has 1 aromatic rings. The number of imidazole rings is 1. The van der Waals surface area contributed by atoms with E-state index in [1.165, 1.54) is 37.1 Å². The van der Waals surface area contributed by atoms with Gasteiger partial charge in [0.05, 0.1) is 12.0 Å². The van der Waals surface area contributed by atoms with Crippen molar-refractivity contribution in [3.63, 3.8) is 0 Å². The third-order valence-corrected chi connectivity index (χ3v) is 3.27. The molecule has 3 nitrogen and oxygen atoms in total. The summed E-state index contributed by atoms with van der Waals surface area (Å²) >= 11 is 0. The molecule has 1 atom stereocenters. The van der Waals surface area contributed by atoms with Crippen molar-refractivity contribution in [1.82, 2.24) is 9.55 Å². The summed E-state index contributed by atoms with van der Waals surface area (Å²) < 4.78 is 2.38. The van der Waals surface area contributed by atoms with Crippen LogP contribution in [0, 0.1) is 0 Å². The zero-order valence-electron chi connectivity index (χ0n) is 7.74. The van der Waals surface area contributed by atoms with Gasteiger partial charge in [0.25, 0.3) is 0 Å². The molecule has 2 aliphatic carbocycles. The van der Waals surface area contributed by atoms with Crippen LogP contribution < -0.4 is 5.73 Å². The predicted molar refractivity (Wildman–Crippen MR) is 50.6 cm³/mol. The van der Waals surface area contributed by atoms with Gasteiger partial charge in [0.2, 0.25) is 0 Å². The van der Waals surface area contributed by atoms with E-state index >= 15 is 0 Å². The van der Waals surface area contributed by atoms with Gasteiger partial charge in [0, 0.05) is 24.2 Å². The first-order valence-electron chi connectivity index (χ1n) is 5.16. The third kappa shape index (κ3) is 1.03. The number of nitrogens with two attached hydrogens (primary N) is 1. The zero-order chi connectivity index (χ0) is 8.84. The second-order valence-electron chi connectivity index (χ2n) is 4.19. The summed E-state index contributed by atoms with van der Waals surface area (Å²) in [6.07, 6.45) is 7.10. The minimum absolute atomic E-state index is 0.537. The zero-order valence-corrected chi connectivity index (χ0v) is 7.74. The Hall–Kier alpha value is -0.830. The van der Waals surface area contributed by atoms with Gasteiger partial charge in [-0.25, -0.2) is 4.98 Å². The monoisotopic (exact) mass is 177 g/mol. The van der Waals surface area contributed by atoms with E-state index in [0.717, 1.165) is 12.6 Å². The van der Waals surface area contributed by atoms with Crippen LogP contribution in [0.3, 0.4) is 0 Å². The van der Waals surface area contributed by atoms with Crippen molar-refractivity contribution in [2.45, 2.75) is 37.6 Å². The lowest BCUT2D eigenvalue weighted by Gasteiger charge is -2.02. The maximum atomic E-state index is 5.70. The van der Waals surface area contributed by atoms with Gasteiger partial charge < -0.3 is 10.3 Å². The van der Waals surface area contributed by atoms with Gasteiger partial charge in [0.1, 0.15) is 0 Å². The molecule has 2 N–H and O–H groups in total. The minimum Gasteiger partial charge on any atom is -0.331 e. The Balaban J connectivity index is 1.99. The third-order valence-electron chi connectivity index (χ3n) is 3.27. The molecule has 70 valence electrons. The average Bonchev–Trinajstić information content (AvgIpc) is 2.78. The van der Waals surface area contributed by atoms with Gasteiger partial charge in [-0.1, -0.05) is 0 Å². The molecule has 0 spiro atoms. The van der Waals surface area contributed by atoms with Crippen LogP contribution in [0.25, 0.3) is 0 Å². The van der Waals surface area contributed by atoms with Crippen LogP contribution in [-0.4, -0.2) is 16.1 Å².